The van der Waals surface area contributed by atoms with Crippen LogP contribution >= 0.6 is 11.3 Å². The van der Waals surface area contributed by atoms with E-state index in [4.69, 9.17) is 4.84 Å². The molecule has 0 fully saturated rings. The molecule has 1 aromatic carbocycles. The van der Waals surface area contributed by atoms with Crippen molar-refractivity contribution in [2.75, 3.05) is 18.0 Å². The van der Waals surface area contributed by atoms with E-state index < -0.39 is 5.97 Å². The van der Waals surface area contributed by atoms with Gasteiger partial charge in [0, 0.05) is 23.5 Å². The van der Waals surface area contributed by atoms with E-state index >= 15 is 0 Å². The zero-order chi connectivity index (χ0) is 16.2. The molecule has 4 nitrogen and oxygen atoms in total. The van der Waals surface area contributed by atoms with Crippen molar-refractivity contribution in [3.8, 4) is 0 Å². The molecule has 23 heavy (non-hydrogen) atoms. The smallest absolute Gasteiger partial charge is 0.364 e. The van der Waals surface area contributed by atoms with Crippen molar-refractivity contribution in [3.05, 3.63) is 58.5 Å². The lowest BCUT2D eigenvalue weighted by Crippen LogP contribution is -2.20. The second-order valence-electron chi connectivity index (χ2n) is 5.09. The van der Waals surface area contributed by atoms with Gasteiger partial charge in [-0.1, -0.05) is 35.5 Å². The number of hydrogen-bond donors (Lipinski definition) is 0. The number of carbonyl (C=O) groups excluding carboxylic acids is 1. The largest absolute Gasteiger partial charge is 0.368 e. The van der Waals surface area contributed by atoms with Gasteiger partial charge in [-0.05, 0) is 32.1 Å². The highest BCUT2D eigenvalue weighted by atomic mass is 32.1. The Kier molecular flexibility index (Phi) is 4.57. The maximum absolute atomic E-state index is 12.0. The fraction of sp³-hybridized carbons (Fsp3) is 0.222. The molecule has 0 N–H and O–H groups in total. The van der Waals surface area contributed by atoms with Gasteiger partial charge in [-0.15, -0.1) is 11.3 Å². The van der Waals surface area contributed by atoms with Gasteiger partial charge in [-0.25, -0.2) is 4.79 Å². The molecule has 1 aliphatic heterocycles. The van der Waals surface area contributed by atoms with E-state index in [1.807, 2.05) is 42.5 Å². The average molecular weight is 326 g/mol. The summed E-state index contributed by atoms with van der Waals surface area (Å²) in [5.74, 6) is -0.401. The summed E-state index contributed by atoms with van der Waals surface area (Å²) >= 11 is 1.66. The minimum absolute atomic E-state index is 0.401. The quantitative estimate of drug-likeness (QED) is 0.617. The Labute approximate surface area is 139 Å². The second-order valence-corrected chi connectivity index (χ2v) is 6.18. The van der Waals surface area contributed by atoms with E-state index in [0.29, 0.717) is 11.3 Å². The number of nitrogens with zero attached hydrogens (tertiary/aromatic N) is 2. The summed E-state index contributed by atoms with van der Waals surface area (Å²) in [5, 5.41) is 5.13. The van der Waals surface area contributed by atoms with Crippen LogP contribution < -0.4 is 4.90 Å². The average Bonchev–Trinajstić information content (AvgIpc) is 3.18. The van der Waals surface area contributed by atoms with Gasteiger partial charge in [0.15, 0.2) is 0 Å². The molecular weight excluding hydrogens is 308 g/mol. The maximum Gasteiger partial charge on any atom is 0.368 e. The molecule has 2 heterocycles. The van der Waals surface area contributed by atoms with Crippen molar-refractivity contribution in [3.63, 3.8) is 0 Å². The minimum Gasteiger partial charge on any atom is -0.364 e. The summed E-state index contributed by atoms with van der Waals surface area (Å²) in [6, 6.07) is 13.7. The zero-order valence-electron chi connectivity index (χ0n) is 13.2. The molecule has 2 aromatic rings. The summed E-state index contributed by atoms with van der Waals surface area (Å²) in [7, 11) is 0. The molecule has 118 valence electrons. The van der Waals surface area contributed by atoms with Crippen LogP contribution in [-0.2, 0) is 9.63 Å². The predicted molar refractivity (Wildman–Crippen MR) is 94.9 cm³/mol. The Balaban J connectivity index is 1.91. The van der Waals surface area contributed by atoms with E-state index in [2.05, 4.69) is 30.0 Å². The van der Waals surface area contributed by atoms with E-state index in [9.17, 15) is 4.79 Å². The first-order chi connectivity index (χ1) is 11.2. The lowest BCUT2D eigenvalue weighted by Gasteiger charge is -2.17. The lowest BCUT2D eigenvalue weighted by molar-refractivity contribution is -0.136. The van der Waals surface area contributed by atoms with E-state index in [1.54, 1.807) is 11.3 Å². The minimum atomic E-state index is -0.401. The third-order valence-corrected chi connectivity index (χ3v) is 4.81. The zero-order valence-corrected chi connectivity index (χ0v) is 14.0. The third-order valence-electron chi connectivity index (χ3n) is 3.72. The Bertz CT molecular complexity index is 758. The highest BCUT2D eigenvalue weighted by molar-refractivity contribution is 7.17. The molecule has 0 radical (unpaired) electrons. The van der Waals surface area contributed by atoms with Crippen molar-refractivity contribution in [2.24, 2.45) is 5.16 Å². The first-order valence-corrected chi connectivity index (χ1v) is 8.46. The Morgan fingerprint density at radius 3 is 2.57 bits per heavy atom. The Morgan fingerprint density at radius 2 is 1.87 bits per heavy atom. The molecule has 0 atom stereocenters. The molecule has 0 bridgehead atoms. The molecule has 0 unspecified atom stereocenters. The standard InChI is InChI=1S/C18H18N2O2S/c1-3-20(4-2)16-11-10-14(23-16)12-15-17(19-22-18(15)21)13-8-6-5-7-9-13/h5-12H,3-4H2,1-2H3/b15-12-. The maximum atomic E-state index is 12.0. The molecule has 0 amide bonds. The second kappa shape index (κ2) is 6.79. The van der Waals surface area contributed by atoms with Gasteiger partial charge in [0.05, 0.1) is 10.6 Å². The topological polar surface area (TPSA) is 41.9 Å². The van der Waals surface area contributed by atoms with E-state index in [1.165, 1.54) is 5.00 Å². The molecule has 0 spiro atoms. The van der Waals surface area contributed by atoms with Crippen molar-refractivity contribution < 1.29 is 9.63 Å². The summed E-state index contributed by atoms with van der Waals surface area (Å²) in [4.78, 5) is 20.2. The molecular formula is C18H18N2O2S. The normalized spacial score (nSPS) is 15.7. The number of anilines is 1. The highest BCUT2D eigenvalue weighted by Crippen LogP contribution is 2.29. The van der Waals surface area contributed by atoms with Crippen molar-refractivity contribution in [1.82, 2.24) is 0 Å². The van der Waals surface area contributed by atoms with Crippen LogP contribution in [0.4, 0.5) is 5.00 Å². The summed E-state index contributed by atoms with van der Waals surface area (Å²) in [5.41, 5.74) is 1.97. The summed E-state index contributed by atoms with van der Waals surface area (Å²) < 4.78 is 0. The fourth-order valence-electron chi connectivity index (χ4n) is 2.48. The Hall–Kier alpha value is -2.40. The SMILES string of the molecule is CCN(CC)c1ccc(/C=C2\C(=O)ON=C2c2ccccc2)s1. The van der Waals surface area contributed by atoms with Crippen LogP contribution in [0.5, 0.6) is 0 Å². The van der Waals surface area contributed by atoms with Gasteiger partial charge >= 0.3 is 5.97 Å². The van der Waals surface area contributed by atoms with E-state index in [-0.39, 0.29) is 0 Å². The lowest BCUT2D eigenvalue weighted by atomic mass is 10.0. The van der Waals surface area contributed by atoms with Crippen LogP contribution in [0.15, 0.2) is 53.2 Å². The predicted octanol–water partition coefficient (Wildman–Crippen LogP) is 3.94. The van der Waals surface area contributed by atoms with Crippen LogP contribution in [-0.4, -0.2) is 24.8 Å². The van der Waals surface area contributed by atoms with Crippen molar-refractivity contribution in [1.29, 1.82) is 0 Å². The van der Waals surface area contributed by atoms with Gasteiger partial charge in [-0.3, -0.25) is 0 Å². The van der Waals surface area contributed by atoms with Crippen LogP contribution in [0.1, 0.15) is 24.3 Å². The third kappa shape index (κ3) is 3.19. The monoisotopic (exact) mass is 326 g/mol. The van der Waals surface area contributed by atoms with Crippen LogP contribution in [0.25, 0.3) is 6.08 Å². The number of oxime groups is 1. The summed E-state index contributed by atoms with van der Waals surface area (Å²) in [6.45, 7) is 6.20. The van der Waals surface area contributed by atoms with Crippen molar-refractivity contribution in [2.45, 2.75) is 13.8 Å². The molecule has 0 aliphatic carbocycles. The number of rotatable bonds is 5. The van der Waals surface area contributed by atoms with Gasteiger partial charge in [0.2, 0.25) is 0 Å². The molecule has 1 aliphatic rings. The highest BCUT2D eigenvalue weighted by Gasteiger charge is 2.26. The van der Waals surface area contributed by atoms with Crippen LogP contribution in [0.3, 0.4) is 0 Å². The molecule has 0 saturated heterocycles. The molecule has 1 aromatic heterocycles. The Morgan fingerprint density at radius 1 is 1.13 bits per heavy atom. The van der Waals surface area contributed by atoms with Gasteiger partial charge in [-0.2, -0.15) is 0 Å². The van der Waals surface area contributed by atoms with Gasteiger partial charge < -0.3 is 9.74 Å². The molecule has 0 saturated carbocycles. The first kappa shape index (κ1) is 15.5. The number of hydrogen-bond acceptors (Lipinski definition) is 5. The fourth-order valence-corrected chi connectivity index (χ4v) is 3.56. The van der Waals surface area contributed by atoms with Gasteiger partial charge in [0.25, 0.3) is 0 Å². The van der Waals surface area contributed by atoms with E-state index in [0.717, 1.165) is 23.5 Å². The van der Waals surface area contributed by atoms with Gasteiger partial charge in [0.1, 0.15) is 5.71 Å². The van der Waals surface area contributed by atoms with Crippen molar-refractivity contribution >= 4 is 34.1 Å². The van der Waals surface area contributed by atoms with Crippen LogP contribution in [0.2, 0.25) is 0 Å². The molecule has 5 heteroatoms. The first-order valence-electron chi connectivity index (χ1n) is 7.64. The number of benzene rings is 1. The number of carbonyl (C=O) groups is 1. The molecule has 3 rings (SSSR count). The number of thiophene rings is 1. The van der Waals surface area contributed by atoms with Crippen LogP contribution in [0, 0.1) is 0 Å². The summed E-state index contributed by atoms with van der Waals surface area (Å²) in [6.07, 6.45) is 1.86.